The van der Waals surface area contributed by atoms with Gasteiger partial charge in [-0.25, -0.2) is 0 Å². The number of anilines is 1. The summed E-state index contributed by atoms with van der Waals surface area (Å²) in [7, 11) is 0. The lowest BCUT2D eigenvalue weighted by molar-refractivity contribution is 0.174. The van der Waals surface area contributed by atoms with Crippen molar-refractivity contribution in [3.05, 3.63) is 48.3 Å². The highest BCUT2D eigenvalue weighted by Crippen LogP contribution is 2.36. The lowest BCUT2D eigenvalue weighted by Gasteiger charge is -2.27. The number of nitrogens with one attached hydrogen (secondary N) is 1. The van der Waals surface area contributed by atoms with E-state index in [2.05, 4.69) is 35.1 Å². The first-order valence-corrected chi connectivity index (χ1v) is 10.5. The molecule has 0 aliphatic carbocycles. The number of hydrogen-bond donors (Lipinski definition) is 1. The van der Waals surface area contributed by atoms with Gasteiger partial charge in [0.25, 0.3) is 0 Å². The van der Waals surface area contributed by atoms with Gasteiger partial charge in [0.05, 0.1) is 6.54 Å². The molecule has 1 atom stereocenters. The van der Waals surface area contributed by atoms with Crippen molar-refractivity contribution >= 4 is 23.0 Å². The number of hydrogen-bond acceptors (Lipinski definition) is 4. The molecule has 150 valence electrons. The van der Waals surface area contributed by atoms with Gasteiger partial charge in [-0.15, -0.1) is 0 Å². The standard InChI is InChI=1S/C22H29N3O2S/c1-3-5-7-17(4-2)14-24-22(28)25(15-18-8-6-11-23-13-18)19-9-10-20-21(12-19)27-16-26-20/h6,8-13,17H,3-5,7,14-16H2,1-2H3,(H,24,28)/t17-/m1/s1. The van der Waals surface area contributed by atoms with Crippen LogP contribution in [-0.2, 0) is 6.54 Å². The summed E-state index contributed by atoms with van der Waals surface area (Å²) in [5.74, 6) is 2.16. The van der Waals surface area contributed by atoms with Crippen molar-refractivity contribution in [3.8, 4) is 11.5 Å². The third-order valence-corrected chi connectivity index (χ3v) is 5.43. The van der Waals surface area contributed by atoms with Gasteiger partial charge in [-0.3, -0.25) is 4.98 Å². The molecule has 0 saturated carbocycles. The largest absolute Gasteiger partial charge is 0.454 e. The Labute approximate surface area is 173 Å². The van der Waals surface area contributed by atoms with Crippen LogP contribution in [0.25, 0.3) is 0 Å². The first-order valence-electron chi connectivity index (χ1n) is 10.0. The van der Waals surface area contributed by atoms with Crippen LogP contribution in [0.5, 0.6) is 11.5 Å². The maximum atomic E-state index is 5.79. The van der Waals surface area contributed by atoms with Crippen LogP contribution in [0, 0.1) is 5.92 Å². The van der Waals surface area contributed by atoms with E-state index in [9.17, 15) is 0 Å². The second-order valence-electron chi connectivity index (χ2n) is 7.09. The molecule has 0 amide bonds. The van der Waals surface area contributed by atoms with Gasteiger partial charge in [0.15, 0.2) is 16.6 Å². The van der Waals surface area contributed by atoms with E-state index in [-0.39, 0.29) is 6.79 Å². The molecule has 1 aliphatic heterocycles. The van der Waals surface area contributed by atoms with Gasteiger partial charge in [-0.1, -0.05) is 39.2 Å². The Kier molecular flexibility index (Phi) is 7.48. The van der Waals surface area contributed by atoms with Gasteiger partial charge >= 0.3 is 0 Å². The van der Waals surface area contributed by atoms with Crippen molar-refractivity contribution in [2.75, 3.05) is 18.2 Å². The Morgan fingerprint density at radius 1 is 1.25 bits per heavy atom. The van der Waals surface area contributed by atoms with E-state index < -0.39 is 0 Å². The highest BCUT2D eigenvalue weighted by atomic mass is 32.1. The summed E-state index contributed by atoms with van der Waals surface area (Å²) in [6.45, 7) is 6.28. The Hall–Kier alpha value is -2.34. The van der Waals surface area contributed by atoms with E-state index in [0.29, 0.717) is 12.5 Å². The minimum atomic E-state index is 0.264. The van der Waals surface area contributed by atoms with Crippen LogP contribution in [-0.4, -0.2) is 23.4 Å². The van der Waals surface area contributed by atoms with Crippen molar-refractivity contribution in [3.63, 3.8) is 0 Å². The van der Waals surface area contributed by atoms with Crippen LogP contribution >= 0.6 is 12.2 Å². The molecule has 1 aromatic carbocycles. The highest BCUT2D eigenvalue weighted by molar-refractivity contribution is 7.80. The number of thiocarbonyl (C=S) groups is 1. The molecule has 5 nitrogen and oxygen atoms in total. The van der Waals surface area contributed by atoms with Crippen molar-refractivity contribution in [1.82, 2.24) is 10.3 Å². The zero-order valence-electron chi connectivity index (χ0n) is 16.7. The second kappa shape index (κ2) is 10.3. The monoisotopic (exact) mass is 399 g/mol. The summed E-state index contributed by atoms with van der Waals surface area (Å²) in [4.78, 5) is 6.33. The second-order valence-corrected chi connectivity index (χ2v) is 7.47. The topological polar surface area (TPSA) is 46.6 Å². The molecule has 0 unspecified atom stereocenters. The van der Waals surface area contributed by atoms with Crippen molar-refractivity contribution in [2.45, 2.75) is 46.1 Å². The SMILES string of the molecule is CCCC[C@@H](CC)CNC(=S)N(Cc1cccnc1)c1ccc2c(c1)OCO2. The Bertz CT molecular complexity index is 770. The van der Waals surface area contributed by atoms with Gasteiger partial charge in [0.2, 0.25) is 6.79 Å². The quantitative estimate of drug-likeness (QED) is 0.605. The summed E-state index contributed by atoms with van der Waals surface area (Å²) in [6, 6.07) is 9.95. The zero-order chi connectivity index (χ0) is 19.8. The number of ether oxygens (including phenoxy) is 2. The molecule has 1 aliphatic rings. The molecule has 2 aromatic rings. The Morgan fingerprint density at radius 2 is 2.11 bits per heavy atom. The molecular weight excluding hydrogens is 370 g/mol. The molecule has 6 heteroatoms. The Morgan fingerprint density at radius 3 is 2.86 bits per heavy atom. The van der Waals surface area contributed by atoms with E-state index in [1.54, 1.807) is 6.20 Å². The van der Waals surface area contributed by atoms with Gasteiger partial charge in [-0.05, 0) is 48.3 Å². The Balaban J connectivity index is 1.74. The number of fused-ring (bicyclic) bond motifs is 1. The number of pyridine rings is 1. The summed E-state index contributed by atoms with van der Waals surface area (Å²) >= 11 is 5.79. The summed E-state index contributed by atoms with van der Waals surface area (Å²) in [5.41, 5.74) is 2.08. The summed E-state index contributed by atoms with van der Waals surface area (Å²) < 4.78 is 11.0. The maximum absolute atomic E-state index is 5.79. The van der Waals surface area contributed by atoms with E-state index in [0.717, 1.165) is 40.8 Å². The van der Waals surface area contributed by atoms with Crippen molar-refractivity contribution in [1.29, 1.82) is 0 Å². The molecule has 28 heavy (non-hydrogen) atoms. The zero-order valence-corrected chi connectivity index (χ0v) is 17.5. The predicted octanol–water partition coefficient (Wildman–Crippen LogP) is 4.91. The fourth-order valence-corrected chi connectivity index (χ4v) is 3.53. The molecule has 0 saturated heterocycles. The first kappa shape index (κ1) is 20.4. The lowest BCUT2D eigenvalue weighted by atomic mass is 9.99. The van der Waals surface area contributed by atoms with E-state index >= 15 is 0 Å². The van der Waals surface area contributed by atoms with Gasteiger partial charge in [0, 0.05) is 30.7 Å². The number of rotatable bonds is 9. The lowest BCUT2D eigenvalue weighted by Crippen LogP contribution is -2.41. The van der Waals surface area contributed by atoms with Crippen LogP contribution in [0.3, 0.4) is 0 Å². The maximum Gasteiger partial charge on any atom is 0.231 e. The average Bonchev–Trinajstić information content (AvgIpc) is 3.20. The van der Waals surface area contributed by atoms with Gasteiger partial charge < -0.3 is 19.7 Å². The third-order valence-electron chi connectivity index (χ3n) is 5.06. The van der Waals surface area contributed by atoms with Gasteiger partial charge in [-0.2, -0.15) is 0 Å². The number of unbranched alkanes of at least 4 members (excludes halogenated alkanes) is 1. The van der Waals surface area contributed by atoms with Gasteiger partial charge in [0.1, 0.15) is 0 Å². The fourth-order valence-electron chi connectivity index (χ4n) is 3.28. The molecule has 0 fully saturated rings. The smallest absolute Gasteiger partial charge is 0.231 e. The van der Waals surface area contributed by atoms with Crippen LogP contribution < -0.4 is 19.7 Å². The number of aromatic nitrogens is 1. The number of nitrogens with zero attached hydrogens (tertiary/aromatic N) is 2. The van der Waals surface area contributed by atoms with Crippen LogP contribution in [0.2, 0.25) is 0 Å². The molecule has 0 spiro atoms. The van der Waals surface area contributed by atoms with E-state index in [1.807, 2.05) is 30.5 Å². The van der Waals surface area contributed by atoms with Crippen LogP contribution in [0.15, 0.2) is 42.7 Å². The molecule has 3 rings (SSSR count). The molecule has 0 bridgehead atoms. The molecular formula is C22H29N3O2S. The highest BCUT2D eigenvalue weighted by Gasteiger charge is 2.19. The van der Waals surface area contributed by atoms with E-state index in [1.165, 1.54) is 19.3 Å². The summed E-state index contributed by atoms with van der Waals surface area (Å²) in [5, 5.41) is 4.21. The minimum Gasteiger partial charge on any atom is -0.454 e. The average molecular weight is 400 g/mol. The van der Waals surface area contributed by atoms with Crippen LogP contribution in [0.4, 0.5) is 5.69 Å². The first-order chi connectivity index (χ1) is 13.7. The summed E-state index contributed by atoms with van der Waals surface area (Å²) in [6.07, 6.45) is 8.53. The third kappa shape index (κ3) is 5.35. The molecule has 1 aromatic heterocycles. The normalized spacial score (nSPS) is 13.2. The van der Waals surface area contributed by atoms with E-state index in [4.69, 9.17) is 21.7 Å². The molecule has 2 heterocycles. The van der Waals surface area contributed by atoms with Crippen molar-refractivity contribution in [2.24, 2.45) is 5.92 Å². The fraction of sp³-hybridized carbons (Fsp3) is 0.455. The minimum absolute atomic E-state index is 0.264. The predicted molar refractivity (Wildman–Crippen MR) is 117 cm³/mol. The molecule has 1 N–H and O–H groups in total. The van der Waals surface area contributed by atoms with Crippen LogP contribution in [0.1, 0.15) is 45.1 Å². The molecule has 0 radical (unpaired) electrons. The number of benzene rings is 1. The van der Waals surface area contributed by atoms with Crippen molar-refractivity contribution < 1.29 is 9.47 Å².